The molecular weight excluding hydrogens is 399 g/mol. The third kappa shape index (κ3) is 3.99. The van der Waals surface area contributed by atoms with Crippen molar-refractivity contribution in [2.75, 3.05) is 31.7 Å². The van der Waals surface area contributed by atoms with Crippen molar-refractivity contribution in [2.45, 2.75) is 32.1 Å². The van der Waals surface area contributed by atoms with Gasteiger partial charge in [0.1, 0.15) is 11.4 Å². The summed E-state index contributed by atoms with van der Waals surface area (Å²) in [5.74, 6) is -0.695. The molecule has 0 bridgehead atoms. The van der Waals surface area contributed by atoms with Crippen LogP contribution < -0.4 is 5.32 Å². The van der Waals surface area contributed by atoms with E-state index in [4.69, 9.17) is 9.47 Å². The van der Waals surface area contributed by atoms with Crippen molar-refractivity contribution in [3.63, 3.8) is 0 Å². The molecule has 0 aliphatic carbocycles. The van der Waals surface area contributed by atoms with E-state index < -0.39 is 5.97 Å². The molecule has 31 heavy (non-hydrogen) atoms. The number of nitrogens with zero attached hydrogens (tertiary/aromatic N) is 3. The van der Waals surface area contributed by atoms with E-state index in [1.54, 1.807) is 23.7 Å². The highest BCUT2D eigenvalue weighted by Gasteiger charge is 2.35. The Bertz CT molecular complexity index is 1110. The molecule has 1 N–H and O–H groups in total. The lowest BCUT2D eigenvalue weighted by Crippen LogP contribution is -2.40. The number of hydrogen-bond donors (Lipinski definition) is 1. The van der Waals surface area contributed by atoms with Crippen molar-refractivity contribution >= 4 is 22.7 Å². The number of ether oxygens (including phenoxy) is 2. The average Bonchev–Trinajstić information content (AvgIpc) is 3.06. The fraction of sp³-hybridized carbons (Fsp3) is 0.435. The van der Waals surface area contributed by atoms with Gasteiger partial charge in [-0.2, -0.15) is 5.10 Å². The van der Waals surface area contributed by atoms with Gasteiger partial charge in [-0.15, -0.1) is 0 Å². The number of halogens is 1. The first kappa shape index (κ1) is 21.2. The summed E-state index contributed by atoms with van der Waals surface area (Å²) in [6.07, 6.45) is 3.03. The van der Waals surface area contributed by atoms with Crippen LogP contribution in [0.1, 0.15) is 41.4 Å². The molecule has 1 fully saturated rings. The van der Waals surface area contributed by atoms with Crippen LogP contribution in [0.5, 0.6) is 0 Å². The van der Waals surface area contributed by atoms with Crippen LogP contribution in [-0.4, -0.2) is 47.1 Å². The number of pyridine rings is 1. The molecule has 1 aliphatic heterocycles. The zero-order chi connectivity index (χ0) is 22.0. The number of anilines is 1. The molecular formula is C23H27FN4O3. The minimum absolute atomic E-state index is 0.259. The van der Waals surface area contributed by atoms with E-state index in [0.717, 1.165) is 29.5 Å². The van der Waals surface area contributed by atoms with Gasteiger partial charge in [-0.3, -0.25) is 4.68 Å². The lowest BCUT2D eigenvalue weighted by molar-refractivity contribution is 0.0521. The van der Waals surface area contributed by atoms with E-state index in [-0.39, 0.29) is 17.8 Å². The molecule has 3 heterocycles. The van der Waals surface area contributed by atoms with E-state index in [0.29, 0.717) is 36.7 Å². The van der Waals surface area contributed by atoms with Crippen molar-refractivity contribution in [2.24, 2.45) is 7.05 Å². The molecule has 0 radical (unpaired) electrons. The Morgan fingerprint density at radius 2 is 2.13 bits per heavy atom. The molecule has 0 spiro atoms. The largest absolute Gasteiger partial charge is 0.462 e. The first-order valence-electron chi connectivity index (χ1n) is 10.5. The maximum Gasteiger partial charge on any atom is 0.341 e. The van der Waals surface area contributed by atoms with Crippen LogP contribution in [0, 0.1) is 12.7 Å². The molecule has 2 aromatic heterocycles. The van der Waals surface area contributed by atoms with Crippen molar-refractivity contribution in [1.29, 1.82) is 0 Å². The zero-order valence-electron chi connectivity index (χ0n) is 18.1. The van der Waals surface area contributed by atoms with E-state index in [1.165, 1.54) is 12.3 Å². The highest BCUT2D eigenvalue weighted by atomic mass is 19.1. The Morgan fingerprint density at radius 3 is 2.84 bits per heavy atom. The summed E-state index contributed by atoms with van der Waals surface area (Å²) in [6.45, 7) is 5.64. The fourth-order valence-electron chi connectivity index (χ4n) is 4.36. The molecule has 4 rings (SSSR count). The molecule has 1 aromatic carbocycles. The van der Waals surface area contributed by atoms with Gasteiger partial charge in [0.25, 0.3) is 0 Å². The van der Waals surface area contributed by atoms with Gasteiger partial charge >= 0.3 is 5.97 Å². The molecule has 164 valence electrons. The number of fused-ring (bicyclic) bond motifs is 1. The van der Waals surface area contributed by atoms with Crippen LogP contribution in [-0.2, 0) is 21.9 Å². The van der Waals surface area contributed by atoms with E-state index in [9.17, 15) is 9.18 Å². The number of benzene rings is 1. The monoisotopic (exact) mass is 426 g/mol. The number of rotatable bonds is 6. The Hall–Kier alpha value is -3.00. The molecule has 1 saturated heterocycles. The van der Waals surface area contributed by atoms with Gasteiger partial charge in [0.15, 0.2) is 5.65 Å². The Labute approximate surface area is 180 Å². The van der Waals surface area contributed by atoms with Crippen molar-refractivity contribution in [1.82, 2.24) is 14.8 Å². The summed E-state index contributed by atoms with van der Waals surface area (Å²) in [7, 11) is 1.82. The maximum absolute atomic E-state index is 14.0. The maximum atomic E-state index is 14.0. The van der Waals surface area contributed by atoms with Crippen LogP contribution in [0.2, 0.25) is 0 Å². The minimum atomic E-state index is -0.436. The first-order chi connectivity index (χ1) is 14.9. The number of esters is 1. The van der Waals surface area contributed by atoms with Gasteiger partial charge in [0, 0.05) is 38.4 Å². The lowest BCUT2D eigenvalue weighted by atomic mass is 9.74. The molecule has 0 amide bonds. The molecule has 8 heteroatoms. The third-order valence-electron chi connectivity index (χ3n) is 6.01. The molecule has 0 unspecified atom stereocenters. The van der Waals surface area contributed by atoms with Crippen molar-refractivity contribution in [3.8, 4) is 0 Å². The second kappa shape index (κ2) is 8.63. The van der Waals surface area contributed by atoms with Crippen LogP contribution in [0.3, 0.4) is 0 Å². The minimum Gasteiger partial charge on any atom is -0.462 e. The Balaban J connectivity index is 1.77. The van der Waals surface area contributed by atoms with Gasteiger partial charge in [0.05, 0.1) is 23.4 Å². The van der Waals surface area contributed by atoms with Crippen LogP contribution in [0.15, 0.2) is 30.5 Å². The van der Waals surface area contributed by atoms with E-state index >= 15 is 0 Å². The highest BCUT2D eigenvalue weighted by Crippen LogP contribution is 2.37. The molecule has 7 nitrogen and oxygen atoms in total. The second-order valence-corrected chi connectivity index (χ2v) is 7.93. The Morgan fingerprint density at radius 1 is 1.35 bits per heavy atom. The topological polar surface area (TPSA) is 78.3 Å². The summed E-state index contributed by atoms with van der Waals surface area (Å²) in [4.78, 5) is 17.1. The van der Waals surface area contributed by atoms with E-state index in [2.05, 4.69) is 15.4 Å². The van der Waals surface area contributed by atoms with Gasteiger partial charge in [-0.1, -0.05) is 12.1 Å². The summed E-state index contributed by atoms with van der Waals surface area (Å²) in [5, 5.41) is 8.76. The Kier molecular flexibility index (Phi) is 5.91. The number of carbonyl (C=O) groups is 1. The molecule has 0 saturated carbocycles. The van der Waals surface area contributed by atoms with Gasteiger partial charge in [-0.05, 0) is 44.4 Å². The first-order valence-corrected chi connectivity index (χ1v) is 10.5. The van der Waals surface area contributed by atoms with Crippen LogP contribution >= 0.6 is 0 Å². The number of hydrogen-bond acceptors (Lipinski definition) is 6. The zero-order valence-corrected chi connectivity index (χ0v) is 18.1. The number of aromatic nitrogens is 3. The average molecular weight is 426 g/mol. The summed E-state index contributed by atoms with van der Waals surface area (Å²) in [6, 6.07) is 6.74. The van der Waals surface area contributed by atoms with Crippen LogP contribution in [0.25, 0.3) is 11.0 Å². The van der Waals surface area contributed by atoms with E-state index in [1.807, 2.05) is 20.0 Å². The van der Waals surface area contributed by atoms with Gasteiger partial charge in [-0.25, -0.2) is 14.2 Å². The van der Waals surface area contributed by atoms with Crippen LogP contribution in [0.4, 0.5) is 10.1 Å². The molecule has 3 aromatic rings. The summed E-state index contributed by atoms with van der Waals surface area (Å²) < 4.78 is 26.6. The second-order valence-electron chi connectivity index (χ2n) is 7.93. The lowest BCUT2D eigenvalue weighted by Gasteiger charge is -2.38. The van der Waals surface area contributed by atoms with Crippen molar-refractivity contribution in [3.05, 3.63) is 53.1 Å². The highest BCUT2D eigenvalue weighted by molar-refractivity contribution is 6.05. The third-order valence-corrected chi connectivity index (χ3v) is 6.01. The smallest absolute Gasteiger partial charge is 0.341 e. The molecule has 0 atom stereocenters. The molecule has 1 aliphatic rings. The van der Waals surface area contributed by atoms with Gasteiger partial charge in [0.2, 0.25) is 0 Å². The predicted molar refractivity (Wildman–Crippen MR) is 116 cm³/mol. The predicted octanol–water partition coefficient (Wildman–Crippen LogP) is 3.75. The number of nitrogens with one attached hydrogen (secondary N) is 1. The fourth-order valence-corrected chi connectivity index (χ4v) is 4.36. The van der Waals surface area contributed by atoms with Gasteiger partial charge < -0.3 is 14.8 Å². The number of carbonyl (C=O) groups excluding carboxylic acids is 1. The number of aryl methyl sites for hydroxylation is 2. The summed E-state index contributed by atoms with van der Waals surface area (Å²) in [5.41, 5.74) is 3.07. The normalized spacial score (nSPS) is 15.7. The SMILES string of the molecule is CCOC(=O)c1cnc2c(c(C)nn2C)c1NCC1(c2cccc(F)c2)CCOCC1. The van der Waals surface area contributed by atoms with Crippen molar-refractivity contribution < 1.29 is 18.7 Å². The summed E-state index contributed by atoms with van der Waals surface area (Å²) >= 11 is 0. The standard InChI is InChI=1S/C23H27FN4O3/c1-4-31-22(29)18-13-25-21-19(15(2)27-28(21)3)20(18)26-14-23(8-10-30-11-9-23)16-6-5-7-17(24)12-16/h5-7,12-13H,4,8-11,14H2,1-3H3,(H,25,26). The quantitative estimate of drug-likeness (QED) is 0.605.